The summed E-state index contributed by atoms with van der Waals surface area (Å²) in [6, 6.07) is 8.27. The SMILES string of the molecule is COc1cc(C)ccc1NCc1ccn(C)c1. The molecule has 0 atom stereocenters. The van der Waals surface area contributed by atoms with E-state index in [-0.39, 0.29) is 0 Å². The lowest BCUT2D eigenvalue weighted by Gasteiger charge is -2.11. The average molecular weight is 230 g/mol. The molecule has 17 heavy (non-hydrogen) atoms. The summed E-state index contributed by atoms with van der Waals surface area (Å²) in [6.07, 6.45) is 4.15. The third kappa shape index (κ3) is 2.81. The zero-order valence-electron chi connectivity index (χ0n) is 10.5. The topological polar surface area (TPSA) is 26.2 Å². The van der Waals surface area contributed by atoms with E-state index in [1.807, 2.05) is 23.9 Å². The van der Waals surface area contributed by atoms with Gasteiger partial charge in [0.15, 0.2) is 0 Å². The van der Waals surface area contributed by atoms with Crippen molar-refractivity contribution in [3.05, 3.63) is 47.8 Å². The van der Waals surface area contributed by atoms with Crippen molar-refractivity contribution in [2.45, 2.75) is 13.5 Å². The zero-order chi connectivity index (χ0) is 12.3. The summed E-state index contributed by atoms with van der Waals surface area (Å²) < 4.78 is 7.40. The number of benzene rings is 1. The average Bonchev–Trinajstić information content (AvgIpc) is 2.73. The van der Waals surface area contributed by atoms with Crippen LogP contribution in [0.3, 0.4) is 0 Å². The number of nitrogens with one attached hydrogen (secondary N) is 1. The molecular weight excluding hydrogens is 212 g/mol. The second-order valence-electron chi connectivity index (χ2n) is 4.24. The van der Waals surface area contributed by atoms with E-state index in [9.17, 15) is 0 Å². The van der Waals surface area contributed by atoms with Crippen LogP contribution in [0.2, 0.25) is 0 Å². The van der Waals surface area contributed by atoms with Crippen LogP contribution in [0.25, 0.3) is 0 Å². The van der Waals surface area contributed by atoms with Crippen LogP contribution >= 0.6 is 0 Å². The van der Waals surface area contributed by atoms with Crippen molar-refractivity contribution in [3.63, 3.8) is 0 Å². The molecule has 0 aliphatic carbocycles. The minimum absolute atomic E-state index is 0.806. The van der Waals surface area contributed by atoms with E-state index in [4.69, 9.17) is 4.74 Å². The number of nitrogens with zero attached hydrogens (tertiary/aromatic N) is 1. The molecule has 3 nitrogen and oxygen atoms in total. The summed E-state index contributed by atoms with van der Waals surface area (Å²) in [5.74, 6) is 0.890. The first-order valence-electron chi connectivity index (χ1n) is 5.68. The van der Waals surface area contributed by atoms with Crippen molar-refractivity contribution in [1.82, 2.24) is 4.57 Å². The molecule has 1 N–H and O–H groups in total. The lowest BCUT2D eigenvalue weighted by molar-refractivity contribution is 0.416. The highest BCUT2D eigenvalue weighted by Gasteiger charge is 2.02. The number of hydrogen-bond donors (Lipinski definition) is 1. The minimum atomic E-state index is 0.806. The van der Waals surface area contributed by atoms with E-state index in [2.05, 4.69) is 36.6 Å². The van der Waals surface area contributed by atoms with Crippen LogP contribution in [0, 0.1) is 6.92 Å². The molecule has 1 aromatic carbocycles. The fourth-order valence-corrected chi connectivity index (χ4v) is 1.81. The van der Waals surface area contributed by atoms with Crippen LogP contribution in [0.15, 0.2) is 36.7 Å². The Kier molecular flexibility index (Phi) is 3.38. The largest absolute Gasteiger partial charge is 0.495 e. The van der Waals surface area contributed by atoms with Crippen LogP contribution in [0.4, 0.5) is 5.69 Å². The number of methoxy groups -OCH3 is 1. The molecule has 0 saturated heterocycles. The van der Waals surface area contributed by atoms with E-state index in [1.165, 1.54) is 11.1 Å². The molecule has 2 aromatic rings. The number of anilines is 1. The summed E-state index contributed by atoms with van der Waals surface area (Å²) in [4.78, 5) is 0. The molecule has 1 heterocycles. The summed E-state index contributed by atoms with van der Waals surface area (Å²) >= 11 is 0. The molecule has 0 aliphatic rings. The molecule has 0 unspecified atom stereocenters. The molecule has 0 aliphatic heterocycles. The predicted molar refractivity (Wildman–Crippen MR) is 70.5 cm³/mol. The summed E-state index contributed by atoms with van der Waals surface area (Å²) in [5.41, 5.74) is 3.49. The predicted octanol–water partition coefficient (Wildman–Crippen LogP) is 2.95. The highest BCUT2D eigenvalue weighted by Crippen LogP contribution is 2.25. The maximum Gasteiger partial charge on any atom is 0.142 e. The number of rotatable bonds is 4. The van der Waals surface area contributed by atoms with Gasteiger partial charge < -0.3 is 14.6 Å². The summed E-state index contributed by atoms with van der Waals surface area (Å²) in [6.45, 7) is 2.86. The molecule has 0 spiro atoms. The Balaban J connectivity index is 2.08. The van der Waals surface area contributed by atoms with Gasteiger partial charge in [-0.15, -0.1) is 0 Å². The van der Waals surface area contributed by atoms with Gasteiger partial charge in [0.25, 0.3) is 0 Å². The van der Waals surface area contributed by atoms with Crippen molar-refractivity contribution in [2.24, 2.45) is 7.05 Å². The Hall–Kier alpha value is -1.90. The van der Waals surface area contributed by atoms with Gasteiger partial charge in [-0.3, -0.25) is 0 Å². The number of ether oxygens (including phenoxy) is 1. The van der Waals surface area contributed by atoms with Gasteiger partial charge in [0.1, 0.15) is 5.75 Å². The van der Waals surface area contributed by atoms with Gasteiger partial charge in [-0.05, 0) is 36.2 Å². The Labute approximate surface area is 102 Å². The van der Waals surface area contributed by atoms with Crippen molar-refractivity contribution in [2.75, 3.05) is 12.4 Å². The number of aryl methyl sites for hydroxylation is 2. The van der Waals surface area contributed by atoms with Crippen LogP contribution in [0.1, 0.15) is 11.1 Å². The normalized spacial score (nSPS) is 10.3. The fraction of sp³-hybridized carbons (Fsp3) is 0.286. The van der Waals surface area contributed by atoms with Crippen LogP contribution in [-0.2, 0) is 13.6 Å². The molecule has 0 saturated carbocycles. The van der Waals surface area contributed by atoms with E-state index in [0.29, 0.717) is 0 Å². The van der Waals surface area contributed by atoms with Crippen LogP contribution < -0.4 is 10.1 Å². The molecule has 0 radical (unpaired) electrons. The highest BCUT2D eigenvalue weighted by atomic mass is 16.5. The molecule has 0 bridgehead atoms. The Morgan fingerprint density at radius 2 is 2.12 bits per heavy atom. The second kappa shape index (κ2) is 4.95. The maximum atomic E-state index is 5.35. The molecule has 0 fully saturated rings. The Morgan fingerprint density at radius 3 is 2.76 bits per heavy atom. The Morgan fingerprint density at radius 1 is 1.29 bits per heavy atom. The first-order chi connectivity index (χ1) is 8.19. The molecule has 0 amide bonds. The van der Waals surface area contributed by atoms with Gasteiger partial charge in [0, 0.05) is 26.0 Å². The number of hydrogen-bond acceptors (Lipinski definition) is 2. The molecule has 90 valence electrons. The summed E-state index contributed by atoms with van der Waals surface area (Å²) in [7, 11) is 3.72. The van der Waals surface area contributed by atoms with E-state index in [1.54, 1.807) is 7.11 Å². The Bertz CT molecular complexity index is 503. The molecule has 1 aromatic heterocycles. The third-order valence-electron chi connectivity index (χ3n) is 2.73. The van der Waals surface area contributed by atoms with Crippen LogP contribution in [0.5, 0.6) is 5.75 Å². The lowest BCUT2D eigenvalue weighted by atomic mass is 10.2. The smallest absolute Gasteiger partial charge is 0.142 e. The van der Waals surface area contributed by atoms with Crippen molar-refractivity contribution in [1.29, 1.82) is 0 Å². The van der Waals surface area contributed by atoms with Crippen molar-refractivity contribution >= 4 is 5.69 Å². The van der Waals surface area contributed by atoms with Gasteiger partial charge in [-0.25, -0.2) is 0 Å². The first kappa shape index (κ1) is 11.6. The fourth-order valence-electron chi connectivity index (χ4n) is 1.81. The third-order valence-corrected chi connectivity index (χ3v) is 2.73. The zero-order valence-corrected chi connectivity index (χ0v) is 10.5. The van der Waals surface area contributed by atoms with Gasteiger partial charge in [0.2, 0.25) is 0 Å². The second-order valence-corrected chi connectivity index (χ2v) is 4.24. The van der Waals surface area contributed by atoms with E-state index >= 15 is 0 Å². The van der Waals surface area contributed by atoms with Crippen LogP contribution in [-0.4, -0.2) is 11.7 Å². The maximum absolute atomic E-state index is 5.35. The minimum Gasteiger partial charge on any atom is -0.495 e. The highest BCUT2D eigenvalue weighted by molar-refractivity contribution is 5.57. The summed E-state index contributed by atoms with van der Waals surface area (Å²) in [5, 5.41) is 3.38. The lowest BCUT2D eigenvalue weighted by Crippen LogP contribution is -2.00. The van der Waals surface area contributed by atoms with Gasteiger partial charge in [-0.1, -0.05) is 6.07 Å². The van der Waals surface area contributed by atoms with Gasteiger partial charge >= 0.3 is 0 Å². The number of aromatic nitrogens is 1. The molecular formula is C14H18N2O. The first-order valence-corrected chi connectivity index (χ1v) is 5.68. The quantitative estimate of drug-likeness (QED) is 0.874. The van der Waals surface area contributed by atoms with E-state index < -0.39 is 0 Å². The monoisotopic (exact) mass is 230 g/mol. The van der Waals surface area contributed by atoms with E-state index in [0.717, 1.165) is 18.0 Å². The van der Waals surface area contributed by atoms with Crippen molar-refractivity contribution in [3.8, 4) is 5.75 Å². The van der Waals surface area contributed by atoms with Crippen molar-refractivity contribution < 1.29 is 4.74 Å². The molecule has 2 rings (SSSR count). The van der Waals surface area contributed by atoms with Gasteiger partial charge in [-0.2, -0.15) is 0 Å². The standard InChI is InChI=1S/C14H18N2O/c1-11-4-5-13(14(8-11)17-3)15-9-12-6-7-16(2)10-12/h4-8,10,15H,9H2,1-3H3. The van der Waals surface area contributed by atoms with Gasteiger partial charge in [0.05, 0.1) is 12.8 Å². The molecule has 3 heteroatoms.